The highest BCUT2D eigenvalue weighted by atomic mass is 32.2. The normalized spacial score (nSPS) is 20.6. The molecular formula is C13H28N2O2S. The first-order valence-electron chi connectivity index (χ1n) is 7.15. The Morgan fingerprint density at radius 1 is 1.22 bits per heavy atom. The van der Waals surface area contributed by atoms with E-state index >= 15 is 0 Å². The third-order valence-corrected chi connectivity index (χ3v) is 4.93. The lowest BCUT2D eigenvalue weighted by molar-refractivity contribution is 0.340. The van der Waals surface area contributed by atoms with Crippen molar-refractivity contribution in [3.63, 3.8) is 0 Å². The van der Waals surface area contributed by atoms with Crippen LogP contribution >= 0.6 is 0 Å². The van der Waals surface area contributed by atoms with Crippen molar-refractivity contribution in [1.29, 1.82) is 0 Å². The Hall–Kier alpha value is -0.130. The lowest BCUT2D eigenvalue weighted by Crippen LogP contribution is -2.37. The Morgan fingerprint density at radius 3 is 2.33 bits per heavy atom. The zero-order valence-corrected chi connectivity index (χ0v) is 12.3. The summed E-state index contributed by atoms with van der Waals surface area (Å²) in [6.45, 7) is 0. The van der Waals surface area contributed by atoms with Gasteiger partial charge < -0.3 is 0 Å². The number of hydrogen-bond donors (Lipinski definition) is 2. The van der Waals surface area contributed by atoms with Crippen molar-refractivity contribution in [3.8, 4) is 0 Å². The van der Waals surface area contributed by atoms with Crippen LogP contribution in [0.5, 0.6) is 0 Å². The van der Waals surface area contributed by atoms with E-state index in [1.165, 1.54) is 44.8 Å². The van der Waals surface area contributed by atoms with Crippen LogP contribution < -0.4 is 11.3 Å². The molecule has 1 atom stereocenters. The second-order valence-electron chi connectivity index (χ2n) is 5.73. The van der Waals surface area contributed by atoms with E-state index in [0.717, 1.165) is 18.8 Å². The van der Waals surface area contributed by atoms with Gasteiger partial charge in [0.2, 0.25) is 0 Å². The minimum Gasteiger partial charge on any atom is -0.271 e. The van der Waals surface area contributed by atoms with Crippen molar-refractivity contribution < 1.29 is 8.42 Å². The summed E-state index contributed by atoms with van der Waals surface area (Å²) >= 11 is 0. The van der Waals surface area contributed by atoms with Crippen LogP contribution in [0, 0.1) is 5.92 Å². The molecule has 0 aromatic heterocycles. The largest absolute Gasteiger partial charge is 0.271 e. The van der Waals surface area contributed by atoms with E-state index in [9.17, 15) is 8.42 Å². The molecule has 5 heteroatoms. The van der Waals surface area contributed by atoms with E-state index in [1.54, 1.807) is 0 Å². The van der Waals surface area contributed by atoms with Crippen LogP contribution in [0.4, 0.5) is 0 Å². The first-order valence-corrected chi connectivity index (χ1v) is 9.21. The van der Waals surface area contributed by atoms with E-state index in [2.05, 4.69) is 5.43 Å². The summed E-state index contributed by atoms with van der Waals surface area (Å²) < 4.78 is 22.2. The average molecular weight is 276 g/mol. The molecule has 1 unspecified atom stereocenters. The third-order valence-electron chi connectivity index (χ3n) is 3.90. The molecule has 0 saturated heterocycles. The van der Waals surface area contributed by atoms with Gasteiger partial charge in [0, 0.05) is 18.1 Å². The topological polar surface area (TPSA) is 72.2 Å². The third kappa shape index (κ3) is 7.34. The fourth-order valence-electron chi connectivity index (χ4n) is 2.86. The monoisotopic (exact) mass is 276 g/mol. The Morgan fingerprint density at radius 2 is 1.83 bits per heavy atom. The Kier molecular flexibility index (Phi) is 7.19. The highest BCUT2D eigenvalue weighted by molar-refractivity contribution is 7.90. The lowest BCUT2D eigenvalue weighted by Gasteiger charge is -2.21. The maximum atomic E-state index is 11.1. The highest BCUT2D eigenvalue weighted by Gasteiger charge is 2.17. The van der Waals surface area contributed by atoms with Crippen LogP contribution in [0.15, 0.2) is 0 Å². The maximum absolute atomic E-state index is 11.1. The smallest absolute Gasteiger partial charge is 0.147 e. The average Bonchev–Trinajstić information content (AvgIpc) is 2.54. The first-order chi connectivity index (χ1) is 8.51. The molecule has 1 rings (SSSR count). The molecule has 4 nitrogen and oxygen atoms in total. The van der Waals surface area contributed by atoms with Gasteiger partial charge in [-0.2, -0.15) is 0 Å². The molecule has 0 aromatic carbocycles. The van der Waals surface area contributed by atoms with Gasteiger partial charge in [0.25, 0.3) is 0 Å². The molecule has 108 valence electrons. The molecular weight excluding hydrogens is 248 g/mol. The minimum atomic E-state index is -2.84. The first kappa shape index (κ1) is 15.9. The molecule has 1 saturated carbocycles. The summed E-state index contributed by atoms with van der Waals surface area (Å²) in [5.74, 6) is 6.62. The molecule has 1 aliphatic carbocycles. The minimum absolute atomic E-state index is 0.273. The molecule has 0 aromatic rings. The second kappa shape index (κ2) is 8.12. The molecule has 0 radical (unpaired) electrons. The van der Waals surface area contributed by atoms with Gasteiger partial charge in [-0.1, -0.05) is 38.5 Å². The van der Waals surface area contributed by atoms with Crippen LogP contribution in [0.1, 0.15) is 57.8 Å². The van der Waals surface area contributed by atoms with E-state index in [4.69, 9.17) is 5.84 Å². The SMILES string of the molecule is CS(=O)(=O)CCCC(CC1CCCCCC1)NN. The molecule has 0 spiro atoms. The lowest BCUT2D eigenvalue weighted by atomic mass is 9.91. The van der Waals surface area contributed by atoms with Gasteiger partial charge in [0.1, 0.15) is 9.84 Å². The second-order valence-corrected chi connectivity index (χ2v) is 7.99. The molecule has 0 aliphatic heterocycles. The van der Waals surface area contributed by atoms with Crippen LogP contribution in [0.3, 0.4) is 0 Å². The van der Waals surface area contributed by atoms with Gasteiger partial charge in [-0.05, 0) is 25.2 Å². The Bertz CT molecular complexity index is 309. The van der Waals surface area contributed by atoms with Gasteiger partial charge >= 0.3 is 0 Å². The molecule has 1 aliphatic rings. The van der Waals surface area contributed by atoms with Crippen LogP contribution in [0.2, 0.25) is 0 Å². The Balaban J connectivity index is 2.27. The zero-order chi connectivity index (χ0) is 13.4. The molecule has 0 amide bonds. The number of hydrogen-bond acceptors (Lipinski definition) is 4. The maximum Gasteiger partial charge on any atom is 0.147 e. The van der Waals surface area contributed by atoms with Crippen LogP contribution in [-0.2, 0) is 9.84 Å². The summed E-state index contributed by atoms with van der Waals surface area (Å²) in [6.07, 6.45) is 12.0. The predicted octanol–water partition coefficient (Wildman–Crippen LogP) is 2.00. The van der Waals surface area contributed by atoms with Crippen molar-refractivity contribution in [2.75, 3.05) is 12.0 Å². The summed E-state index contributed by atoms with van der Waals surface area (Å²) in [7, 11) is -2.84. The van der Waals surface area contributed by atoms with E-state index in [0.29, 0.717) is 6.42 Å². The fourth-order valence-corrected chi connectivity index (χ4v) is 3.55. The molecule has 0 heterocycles. The standard InChI is InChI=1S/C13H28N2O2S/c1-18(16,17)10-6-9-13(15-14)11-12-7-4-2-3-5-8-12/h12-13,15H,2-11,14H2,1H3. The molecule has 18 heavy (non-hydrogen) atoms. The summed E-state index contributed by atoms with van der Waals surface area (Å²) in [5, 5.41) is 0. The number of hydrazine groups is 1. The van der Waals surface area contributed by atoms with Crippen LogP contribution in [-0.4, -0.2) is 26.5 Å². The number of sulfone groups is 1. The van der Waals surface area contributed by atoms with E-state index in [-0.39, 0.29) is 11.8 Å². The molecule has 3 N–H and O–H groups in total. The summed E-state index contributed by atoms with van der Waals surface area (Å²) in [6, 6.07) is 0.273. The van der Waals surface area contributed by atoms with E-state index in [1.807, 2.05) is 0 Å². The quantitative estimate of drug-likeness (QED) is 0.424. The molecule has 0 bridgehead atoms. The van der Waals surface area contributed by atoms with Gasteiger partial charge in [0.15, 0.2) is 0 Å². The van der Waals surface area contributed by atoms with Crippen LogP contribution in [0.25, 0.3) is 0 Å². The number of nitrogens with two attached hydrogens (primary N) is 1. The van der Waals surface area contributed by atoms with Gasteiger partial charge in [-0.3, -0.25) is 11.3 Å². The van der Waals surface area contributed by atoms with Crippen molar-refractivity contribution >= 4 is 9.84 Å². The van der Waals surface area contributed by atoms with Crippen molar-refractivity contribution in [2.24, 2.45) is 11.8 Å². The van der Waals surface area contributed by atoms with Gasteiger partial charge in [0.05, 0.1) is 0 Å². The van der Waals surface area contributed by atoms with Gasteiger partial charge in [-0.25, -0.2) is 8.42 Å². The zero-order valence-electron chi connectivity index (χ0n) is 11.5. The molecule has 1 fully saturated rings. The Labute approximate surface area is 112 Å². The summed E-state index contributed by atoms with van der Waals surface area (Å²) in [4.78, 5) is 0. The number of nitrogens with one attached hydrogen (secondary N) is 1. The highest BCUT2D eigenvalue weighted by Crippen LogP contribution is 2.27. The van der Waals surface area contributed by atoms with Crippen molar-refractivity contribution in [3.05, 3.63) is 0 Å². The number of rotatable bonds is 7. The van der Waals surface area contributed by atoms with Crippen molar-refractivity contribution in [1.82, 2.24) is 5.43 Å². The van der Waals surface area contributed by atoms with Gasteiger partial charge in [-0.15, -0.1) is 0 Å². The predicted molar refractivity (Wildman–Crippen MR) is 75.9 cm³/mol. The summed E-state index contributed by atoms with van der Waals surface area (Å²) in [5.41, 5.74) is 2.86. The van der Waals surface area contributed by atoms with Crippen molar-refractivity contribution in [2.45, 2.75) is 63.8 Å². The fraction of sp³-hybridized carbons (Fsp3) is 1.00. The van der Waals surface area contributed by atoms with E-state index < -0.39 is 9.84 Å².